The molecule has 6 nitrogen and oxygen atoms in total. The molecule has 1 aromatic carbocycles. The van der Waals surface area contributed by atoms with E-state index in [4.69, 9.17) is 11.6 Å². The molecule has 134 valence electrons. The van der Waals surface area contributed by atoms with E-state index < -0.39 is 6.10 Å². The van der Waals surface area contributed by atoms with Crippen molar-refractivity contribution >= 4 is 23.6 Å². The van der Waals surface area contributed by atoms with E-state index in [1.54, 1.807) is 12.2 Å². The highest BCUT2D eigenvalue weighted by Gasteiger charge is 2.09. The maximum atomic E-state index is 12.0. The number of carbonyl (C=O) groups excluding carboxylic acids is 1. The minimum Gasteiger partial charge on any atom is -0.389 e. The molecule has 1 aromatic rings. The van der Waals surface area contributed by atoms with E-state index in [0.29, 0.717) is 29.6 Å². The largest absolute Gasteiger partial charge is 0.389 e. The normalized spacial score (nSPS) is 17.2. The van der Waals surface area contributed by atoms with Gasteiger partial charge in [-0.1, -0.05) is 35.9 Å². The smallest absolute Gasteiger partial charge is 0.321 e. The molecule has 1 aliphatic carbocycles. The van der Waals surface area contributed by atoms with Gasteiger partial charge in [-0.15, -0.1) is 0 Å². The van der Waals surface area contributed by atoms with Gasteiger partial charge in [0.2, 0.25) is 5.96 Å². The highest BCUT2D eigenvalue weighted by Crippen LogP contribution is 2.12. The van der Waals surface area contributed by atoms with Gasteiger partial charge in [0.15, 0.2) is 0 Å². The summed E-state index contributed by atoms with van der Waals surface area (Å²) < 4.78 is 0. The molecule has 0 fully saturated rings. The molecule has 1 atom stereocenters. The molecule has 0 saturated heterocycles. The van der Waals surface area contributed by atoms with Crippen LogP contribution in [0.5, 0.6) is 0 Å². The fourth-order valence-corrected chi connectivity index (χ4v) is 2.24. The lowest BCUT2D eigenvalue weighted by Gasteiger charge is -2.15. The number of hydrogen-bond acceptors (Lipinski definition) is 3. The van der Waals surface area contributed by atoms with Crippen LogP contribution in [0.15, 0.2) is 53.2 Å². The molecule has 0 bridgehead atoms. The summed E-state index contributed by atoms with van der Waals surface area (Å²) in [5, 5.41) is 18.8. The molecule has 0 heterocycles. The minimum atomic E-state index is -0.485. The summed E-state index contributed by atoms with van der Waals surface area (Å²) in [7, 11) is 0. The molecular formula is C18H23ClN4O2. The summed E-state index contributed by atoms with van der Waals surface area (Å²) in [6.45, 7) is 4.24. The average Bonchev–Trinajstić information content (AvgIpc) is 2.55. The quantitative estimate of drug-likeness (QED) is 0.490. The average molecular weight is 363 g/mol. The Morgan fingerprint density at radius 2 is 2.08 bits per heavy atom. The van der Waals surface area contributed by atoms with Crippen molar-refractivity contribution in [2.24, 2.45) is 4.99 Å². The number of rotatable bonds is 4. The van der Waals surface area contributed by atoms with Crippen LogP contribution < -0.4 is 16.0 Å². The van der Waals surface area contributed by atoms with Gasteiger partial charge in [0.1, 0.15) is 0 Å². The number of aliphatic hydroxyl groups excluding tert-OH is 1. The standard InChI is InChI=1S/C18H23ClN4O2/c1-12(2)21-18(25)23-17(22-15-7-9-16(24)10-8-15)20-11-13-3-5-14(19)6-4-13/h3-9,12,16,24H,10-11H2,1-2H3,(H3,20,21,22,23,25). The van der Waals surface area contributed by atoms with Gasteiger partial charge in [-0.05, 0) is 44.0 Å². The number of nitrogens with one attached hydrogen (secondary N) is 3. The summed E-state index contributed by atoms with van der Waals surface area (Å²) in [6, 6.07) is 7.10. The Labute approximate surface area is 152 Å². The van der Waals surface area contributed by atoms with Gasteiger partial charge in [0.25, 0.3) is 0 Å². The van der Waals surface area contributed by atoms with Crippen LogP contribution in [-0.2, 0) is 6.54 Å². The van der Waals surface area contributed by atoms with Gasteiger partial charge in [0.05, 0.1) is 11.8 Å². The van der Waals surface area contributed by atoms with Crippen LogP contribution in [0.2, 0.25) is 5.02 Å². The highest BCUT2D eigenvalue weighted by molar-refractivity contribution is 6.30. The number of urea groups is 1. The van der Waals surface area contributed by atoms with Gasteiger partial charge in [-0.2, -0.15) is 0 Å². The topological polar surface area (TPSA) is 85.8 Å². The number of aliphatic hydroxyl groups is 1. The molecule has 0 aromatic heterocycles. The van der Waals surface area contributed by atoms with E-state index in [1.165, 1.54) is 0 Å². The zero-order valence-electron chi connectivity index (χ0n) is 14.3. The lowest BCUT2D eigenvalue weighted by Crippen LogP contribution is -2.47. The number of allylic oxidation sites excluding steroid dienone is 1. The Bertz CT molecular complexity index is 681. The number of hydrogen-bond donors (Lipinski definition) is 4. The molecule has 1 unspecified atom stereocenters. The maximum absolute atomic E-state index is 12.0. The van der Waals surface area contributed by atoms with E-state index in [2.05, 4.69) is 20.9 Å². The number of halogens is 1. The predicted molar refractivity (Wildman–Crippen MR) is 100 cm³/mol. The molecule has 25 heavy (non-hydrogen) atoms. The summed E-state index contributed by atoms with van der Waals surface area (Å²) >= 11 is 5.89. The third-order valence-corrected chi connectivity index (χ3v) is 3.58. The van der Waals surface area contributed by atoms with Crippen LogP contribution in [0.3, 0.4) is 0 Å². The third-order valence-electron chi connectivity index (χ3n) is 3.32. The fourth-order valence-electron chi connectivity index (χ4n) is 2.12. The zero-order valence-corrected chi connectivity index (χ0v) is 15.0. The van der Waals surface area contributed by atoms with Crippen molar-refractivity contribution < 1.29 is 9.90 Å². The van der Waals surface area contributed by atoms with Crippen molar-refractivity contribution in [3.05, 3.63) is 58.8 Å². The number of benzene rings is 1. The second-order valence-corrected chi connectivity index (χ2v) is 6.42. The summed E-state index contributed by atoms with van der Waals surface area (Å²) in [5.41, 5.74) is 1.68. The first-order valence-corrected chi connectivity index (χ1v) is 8.51. The van der Waals surface area contributed by atoms with Crippen molar-refractivity contribution in [2.75, 3.05) is 0 Å². The highest BCUT2D eigenvalue weighted by atomic mass is 35.5. The maximum Gasteiger partial charge on any atom is 0.321 e. The number of guanidine groups is 1. The lowest BCUT2D eigenvalue weighted by atomic mass is 10.1. The van der Waals surface area contributed by atoms with Crippen LogP contribution in [0.25, 0.3) is 0 Å². The second-order valence-electron chi connectivity index (χ2n) is 5.98. The first-order chi connectivity index (χ1) is 11.9. The molecule has 7 heteroatoms. The van der Waals surface area contributed by atoms with Gasteiger partial charge < -0.3 is 15.7 Å². The lowest BCUT2D eigenvalue weighted by molar-refractivity contribution is 0.225. The predicted octanol–water partition coefficient (Wildman–Crippen LogP) is 2.70. The van der Waals surface area contributed by atoms with E-state index >= 15 is 0 Å². The Kier molecular flexibility index (Phi) is 7.03. The first-order valence-electron chi connectivity index (χ1n) is 8.13. The molecule has 1 aliphatic rings. The summed E-state index contributed by atoms with van der Waals surface area (Å²) in [5.74, 6) is 0.334. The molecule has 2 amide bonds. The molecule has 2 rings (SSSR count). The zero-order chi connectivity index (χ0) is 18.2. The molecule has 0 aliphatic heterocycles. The summed E-state index contributed by atoms with van der Waals surface area (Å²) in [4.78, 5) is 16.4. The van der Waals surface area contributed by atoms with Crippen molar-refractivity contribution in [1.82, 2.24) is 16.0 Å². The van der Waals surface area contributed by atoms with E-state index in [0.717, 1.165) is 5.56 Å². The van der Waals surface area contributed by atoms with Gasteiger partial charge in [-0.25, -0.2) is 9.79 Å². The Balaban J connectivity index is 2.06. The number of aliphatic imine (C=N–C) groups is 1. The van der Waals surface area contributed by atoms with Crippen LogP contribution in [0.1, 0.15) is 25.8 Å². The Hall–Kier alpha value is -2.31. The van der Waals surface area contributed by atoms with Crippen molar-refractivity contribution in [3.63, 3.8) is 0 Å². The van der Waals surface area contributed by atoms with Crippen molar-refractivity contribution in [2.45, 2.75) is 39.0 Å². The molecule has 4 N–H and O–H groups in total. The van der Waals surface area contributed by atoms with Crippen LogP contribution >= 0.6 is 11.6 Å². The minimum absolute atomic E-state index is 0.0152. The van der Waals surface area contributed by atoms with E-state index in [9.17, 15) is 9.90 Å². The second kappa shape index (κ2) is 9.25. The number of nitrogens with zero attached hydrogens (tertiary/aromatic N) is 1. The Morgan fingerprint density at radius 3 is 2.68 bits per heavy atom. The first kappa shape index (κ1) is 19.0. The molecule has 0 radical (unpaired) electrons. The van der Waals surface area contributed by atoms with Gasteiger partial charge in [0, 0.05) is 17.6 Å². The Morgan fingerprint density at radius 1 is 1.36 bits per heavy atom. The summed E-state index contributed by atoms with van der Waals surface area (Å²) in [6.07, 6.45) is 5.22. The SMILES string of the molecule is CC(C)NC(=O)N/C(=N\C1=CCC(O)C=C1)NCc1ccc(Cl)cc1. The fraction of sp³-hybridized carbons (Fsp3) is 0.333. The molecule has 0 spiro atoms. The van der Waals surface area contributed by atoms with Crippen LogP contribution in [0, 0.1) is 0 Å². The number of amides is 2. The van der Waals surface area contributed by atoms with Crippen molar-refractivity contribution in [1.29, 1.82) is 0 Å². The van der Waals surface area contributed by atoms with E-state index in [-0.39, 0.29) is 12.1 Å². The monoisotopic (exact) mass is 362 g/mol. The van der Waals surface area contributed by atoms with Crippen LogP contribution in [-0.4, -0.2) is 29.2 Å². The van der Waals surface area contributed by atoms with Gasteiger partial charge in [-0.3, -0.25) is 5.32 Å². The third kappa shape index (κ3) is 6.99. The molecular weight excluding hydrogens is 340 g/mol. The van der Waals surface area contributed by atoms with E-state index in [1.807, 2.05) is 44.2 Å². The van der Waals surface area contributed by atoms with Crippen LogP contribution in [0.4, 0.5) is 4.79 Å². The van der Waals surface area contributed by atoms with Gasteiger partial charge >= 0.3 is 6.03 Å². The molecule has 0 saturated carbocycles. The number of carbonyl (C=O) groups is 1. The van der Waals surface area contributed by atoms with Crippen molar-refractivity contribution in [3.8, 4) is 0 Å².